The molecule has 1 aromatic heterocycles. The van der Waals surface area contributed by atoms with E-state index < -0.39 is 0 Å². The molecule has 0 radical (unpaired) electrons. The van der Waals surface area contributed by atoms with Crippen molar-refractivity contribution in [2.75, 3.05) is 12.4 Å². The first-order valence-electron chi connectivity index (χ1n) is 5.68. The van der Waals surface area contributed by atoms with Crippen LogP contribution < -0.4 is 15.8 Å². The number of aliphatic imine (C=N–C) groups is 1. The van der Waals surface area contributed by atoms with Gasteiger partial charge in [0.05, 0.1) is 24.2 Å². The molecule has 0 fully saturated rings. The van der Waals surface area contributed by atoms with Gasteiger partial charge in [0.2, 0.25) is 0 Å². The zero-order valence-corrected chi connectivity index (χ0v) is 14.3. The smallest absolute Gasteiger partial charge is 0.193 e. The fraction of sp³-hybridized carbons (Fsp3) is 0.250. The van der Waals surface area contributed by atoms with Crippen molar-refractivity contribution in [2.45, 2.75) is 13.5 Å². The molecular weight excluding hydrogens is 389 g/mol. The third-order valence-corrected chi connectivity index (χ3v) is 3.29. The number of nitrogens with one attached hydrogen (secondary N) is 1. The first-order chi connectivity index (χ1) is 9.19. The molecule has 0 saturated carbocycles. The van der Waals surface area contributed by atoms with E-state index in [1.807, 2.05) is 31.2 Å². The Bertz CT molecular complexity index is 587. The summed E-state index contributed by atoms with van der Waals surface area (Å²) < 4.78 is 8.99. The number of hydrogen-bond donors (Lipinski definition) is 2. The molecule has 0 aliphatic heterocycles. The van der Waals surface area contributed by atoms with Crippen LogP contribution in [0.5, 0.6) is 5.75 Å². The van der Waals surface area contributed by atoms with Gasteiger partial charge in [-0.15, -0.1) is 29.1 Å². The summed E-state index contributed by atoms with van der Waals surface area (Å²) in [4.78, 5) is 5.26. The van der Waals surface area contributed by atoms with Gasteiger partial charge in [0.25, 0.3) is 0 Å². The second kappa shape index (κ2) is 8.00. The second-order valence-electron chi connectivity index (χ2n) is 3.84. The van der Waals surface area contributed by atoms with Crippen molar-refractivity contribution < 1.29 is 4.74 Å². The highest BCUT2D eigenvalue weighted by Gasteiger charge is 2.02. The number of guanidine groups is 1. The Kier molecular flexibility index (Phi) is 6.65. The van der Waals surface area contributed by atoms with Crippen molar-refractivity contribution in [1.82, 2.24) is 9.59 Å². The van der Waals surface area contributed by atoms with Crippen LogP contribution in [0, 0.1) is 6.92 Å². The van der Waals surface area contributed by atoms with E-state index in [1.165, 1.54) is 11.5 Å². The Labute approximate surface area is 138 Å². The number of benzene rings is 1. The lowest BCUT2D eigenvalue weighted by atomic mass is 10.3. The van der Waals surface area contributed by atoms with Gasteiger partial charge in [0.15, 0.2) is 5.96 Å². The topological polar surface area (TPSA) is 85.4 Å². The minimum Gasteiger partial charge on any atom is -0.497 e. The molecule has 2 rings (SSSR count). The lowest BCUT2D eigenvalue weighted by molar-refractivity contribution is 0.415. The van der Waals surface area contributed by atoms with Crippen molar-refractivity contribution in [3.8, 4) is 5.75 Å². The highest BCUT2D eigenvalue weighted by Crippen LogP contribution is 2.16. The van der Waals surface area contributed by atoms with Crippen LogP contribution in [0.3, 0.4) is 0 Å². The van der Waals surface area contributed by atoms with Crippen molar-refractivity contribution in [3.05, 3.63) is 34.8 Å². The molecule has 0 aliphatic carbocycles. The number of rotatable bonds is 4. The van der Waals surface area contributed by atoms with Crippen LogP contribution in [-0.2, 0) is 6.54 Å². The second-order valence-corrected chi connectivity index (χ2v) is 4.68. The number of nitrogens with two attached hydrogens (primary N) is 1. The van der Waals surface area contributed by atoms with E-state index in [0.29, 0.717) is 12.5 Å². The summed E-state index contributed by atoms with van der Waals surface area (Å²) >= 11 is 1.33. The van der Waals surface area contributed by atoms with E-state index in [9.17, 15) is 0 Å². The van der Waals surface area contributed by atoms with Gasteiger partial charge in [0, 0.05) is 11.8 Å². The van der Waals surface area contributed by atoms with Gasteiger partial charge in [-0.25, -0.2) is 4.99 Å². The molecule has 0 unspecified atom stereocenters. The number of nitrogens with zero attached hydrogens (tertiary/aromatic N) is 3. The summed E-state index contributed by atoms with van der Waals surface area (Å²) in [6, 6.07) is 7.49. The van der Waals surface area contributed by atoms with Crippen molar-refractivity contribution in [1.29, 1.82) is 0 Å². The molecule has 0 spiro atoms. The van der Waals surface area contributed by atoms with Gasteiger partial charge < -0.3 is 15.8 Å². The monoisotopic (exact) mass is 405 g/mol. The van der Waals surface area contributed by atoms with Gasteiger partial charge in [0.1, 0.15) is 5.75 Å². The average molecular weight is 405 g/mol. The summed E-state index contributed by atoms with van der Waals surface area (Å²) in [5, 5.41) is 6.93. The summed E-state index contributed by atoms with van der Waals surface area (Å²) in [6.45, 7) is 2.38. The van der Waals surface area contributed by atoms with Crippen LogP contribution in [0.4, 0.5) is 5.69 Å². The van der Waals surface area contributed by atoms with Crippen LogP contribution in [-0.4, -0.2) is 22.7 Å². The Hall–Kier alpha value is -1.42. The van der Waals surface area contributed by atoms with Crippen molar-refractivity contribution >= 4 is 47.2 Å². The highest BCUT2D eigenvalue weighted by atomic mass is 127. The van der Waals surface area contributed by atoms with Crippen LogP contribution in [0.25, 0.3) is 0 Å². The summed E-state index contributed by atoms with van der Waals surface area (Å²) in [6.07, 6.45) is 0. The quantitative estimate of drug-likeness (QED) is 0.464. The maximum absolute atomic E-state index is 5.83. The molecule has 6 nitrogen and oxygen atoms in total. The summed E-state index contributed by atoms with van der Waals surface area (Å²) in [5.74, 6) is 1.11. The largest absolute Gasteiger partial charge is 0.497 e. The van der Waals surface area contributed by atoms with Crippen molar-refractivity contribution in [3.63, 3.8) is 0 Å². The van der Waals surface area contributed by atoms with Gasteiger partial charge >= 0.3 is 0 Å². The average Bonchev–Trinajstić information content (AvgIpc) is 2.82. The van der Waals surface area contributed by atoms with Crippen LogP contribution in [0.15, 0.2) is 29.3 Å². The SMILES string of the molecule is COc1cccc(NC(N)=NCc2snnc2C)c1.I. The molecule has 8 heteroatoms. The number of ether oxygens (including phenoxy) is 1. The number of anilines is 1. The number of aromatic nitrogens is 2. The molecule has 2 aromatic rings. The van der Waals surface area contributed by atoms with Gasteiger partial charge in [-0.1, -0.05) is 10.6 Å². The van der Waals surface area contributed by atoms with Gasteiger partial charge in [-0.05, 0) is 30.6 Å². The summed E-state index contributed by atoms with van der Waals surface area (Å²) in [5.41, 5.74) is 7.55. The number of hydrogen-bond acceptors (Lipinski definition) is 5. The van der Waals surface area contributed by atoms with E-state index >= 15 is 0 Å². The molecule has 0 aliphatic rings. The van der Waals surface area contributed by atoms with Gasteiger partial charge in [-0.3, -0.25) is 0 Å². The molecule has 108 valence electrons. The van der Waals surface area contributed by atoms with Crippen LogP contribution in [0.2, 0.25) is 0 Å². The Morgan fingerprint density at radius 3 is 2.95 bits per heavy atom. The lowest BCUT2D eigenvalue weighted by Gasteiger charge is -2.07. The minimum atomic E-state index is 0. The first-order valence-corrected chi connectivity index (χ1v) is 6.45. The molecule has 0 saturated heterocycles. The maximum Gasteiger partial charge on any atom is 0.193 e. The third kappa shape index (κ3) is 4.60. The predicted octanol–water partition coefficient (Wildman–Crippen LogP) is 2.40. The standard InChI is InChI=1S/C12H15N5OS.HI/c1-8-11(19-17-16-8)7-14-12(13)15-9-4-3-5-10(6-9)18-2;/h3-6H,7H2,1-2H3,(H3,13,14,15);1H. The molecule has 0 atom stereocenters. The van der Waals surface area contributed by atoms with E-state index in [2.05, 4.69) is 19.9 Å². The Morgan fingerprint density at radius 1 is 1.50 bits per heavy atom. The molecule has 20 heavy (non-hydrogen) atoms. The minimum absolute atomic E-state index is 0. The van der Waals surface area contributed by atoms with Crippen molar-refractivity contribution in [2.24, 2.45) is 10.7 Å². The Morgan fingerprint density at radius 2 is 2.30 bits per heavy atom. The highest BCUT2D eigenvalue weighted by molar-refractivity contribution is 14.0. The van der Waals surface area contributed by atoms with Gasteiger partial charge in [-0.2, -0.15) is 0 Å². The number of methoxy groups -OCH3 is 1. The lowest BCUT2D eigenvalue weighted by Crippen LogP contribution is -2.22. The van der Waals surface area contributed by atoms with Crippen LogP contribution in [0.1, 0.15) is 10.6 Å². The molecule has 0 amide bonds. The Balaban J connectivity index is 0.00000200. The molecule has 3 N–H and O–H groups in total. The predicted molar refractivity (Wildman–Crippen MR) is 92.0 cm³/mol. The van der Waals surface area contributed by atoms with E-state index in [1.54, 1.807) is 7.11 Å². The maximum atomic E-state index is 5.83. The zero-order chi connectivity index (χ0) is 13.7. The zero-order valence-electron chi connectivity index (χ0n) is 11.2. The molecule has 1 heterocycles. The number of aryl methyl sites for hydroxylation is 1. The molecule has 1 aromatic carbocycles. The number of halogens is 1. The summed E-state index contributed by atoms with van der Waals surface area (Å²) in [7, 11) is 1.62. The van der Waals surface area contributed by atoms with Crippen LogP contribution >= 0.6 is 35.5 Å². The van der Waals surface area contributed by atoms with E-state index in [0.717, 1.165) is 22.0 Å². The fourth-order valence-electron chi connectivity index (χ4n) is 1.44. The van der Waals surface area contributed by atoms with E-state index in [-0.39, 0.29) is 24.0 Å². The molecular formula is C12H16IN5OS. The molecule has 0 bridgehead atoms. The fourth-order valence-corrected chi connectivity index (χ4v) is 2.00. The van der Waals surface area contributed by atoms with E-state index in [4.69, 9.17) is 10.5 Å². The first kappa shape index (κ1) is 16.6. The third-order valence-electron chi connectivity index (χ3n) is 2.48. The normalized spacial score (nSPS) is 10.8.